The van der Waals surface area contributed by atoms with Crippen molar-refractivity contribution in [2.75, 3.05) is 9.80 Å². The molecule has 0 aromatic heterocycles. The molecule has 10 aromatic carbocycles. The number of hydrogen-bond donors (Lipinski definition) is 0. The van der Waals surface area contributed by atoms with E-state index in [0.717, 1.165) is 63.4 Å². The fourth-order valence-electron chi connectivity index (χ4n) is 14.8. The number of aryl methyl sites for hydroxylation is 3. The van der Waals surface area contributed by atoms with E-state index in [4.69, 9.17) is 6.58 Å². The summed E-state index contributed by atoms with van der Waals surface area (Å²) in [6.45, 7) is 11.2. The molecule has 2 aliphatic heterocycles. The van der Waals surface area contributed by atoms with Crippen molar-refractivity contribution in [3.63, 3.8) is 0 Å². The molecule has 2 atom stereocenters. The highest BCUT2D eigenvalue weighted by molar-refractivity contribution is 6.23. The summed E-state index contributed by atoms with van der Waals surface area (Å²) in [5.41, 5.74) is 30.7. The summed E-state index contributed by atoms with van der Waals surface area (Å²) in [7, 11) is 0. The van der Waals surface area contributed by atoms with E-state index in [1.807, 2.05) is 12.2 Å². The van der Waals surface area contributed by atoms with E-state index >= 15 is 0 Å². The second-order valence-electron chi connectivity index (χ2n) is 22.9. The molecule has 3 aliphatic carbocycles. The van der Waals surface area contributed by atoms with Gasteiger partial charge in [-0.2, -0.15) is 0 Å². The van der Waals surface area contributed by atoms with Crippen molar-refractivity contribution < 1.29 is 0 Å². The van der Waals surface area contributed by atoms with Gasteiger partial charge in [0.2, 0.25) is 0 Å². The molecule has 2 heterocycles. The molecular weight excluding hydrogens is 965 g/mol. The Kier molecular flexibility index (Phi) is 11.9. The maximum Gasteiger partial charge on any atom is 0.0493 e. The number of anilines is 5. The van der Waals surface area contributed by atoms with Gasteiger partial charge in [0.15, 0.2) is 0 Å². The lowest BCUT2D eigenvalue weighted by atomic mass is 9.68. The first kappa shape index (κ1) is 48.2. The van der Waals surface area contributed by atoms with Crippen LogP contribution in [-0.4, -0.2) is 0 Å². The van der Waals surface area contributed by atoms with E-state index in [0.29, 0.717) is 0 Å². The van der Waals surface area contributed by atoms with Crippen LogP contribution in [0.25, 0.3) is 43.8 Å². The monoisotopic (exact) mass is 1030 g/mol. The van der Waals surface area contributed by atoms with Gasteiger partial charge in [-0.15, -0.1) is 0 Å². The third-order valence-electron chi connectivity index (χ3n) is 18.6. The summed E-state index contributed by atoms with van der Waals surface area (Å²) in [5, 5.41) is 5.06. The van der Waals surface area contributed by atoms with Crippen LogP contribution in [0.2, 0.25) is 0 Å². The first-order valence-corrected chi connectivity index (χ1v) is 29.1. The summed E-state index contributed by atoms with van der Waals surface area (Å²) in [4.78, 5) is 5.17. The SMILES string of the molecule is C=C/C=C\C(=C)CC1c2ccccc2C(C)c2cccc(-c3c4ccc(N5C6=C(CCC=C6)CCc6ccccc65)cc4c(-c4cccc5c4Cc4ccccc4C5)c4ccc(N5c6ccccc6CCc6ccccc65)cc34)c21. The van der Waals surface area contributed by atoms with Gasteiger partial charge in [-0.3, -0.25) is 0 Å². The Morgan fingerprint density at radius 3 is 1.73 bits per heavy atom. The van der Waals surface area contributed by atoms with Gasteiger partial charge in [0.25, 0.3) is 0 Å². The Bertz CT molecular complexity index is 4260. The van der Waals surface area contributed by atoms with Gasteiger partial charge < -0.3 is 9.80 Å². The van der Waals surface area contributed by atoms with Crippen LogP contribution in [0.3, 0.4) is 0 Å². The van der Waals surface area contributed by atoms with Gasteiger partial charge >= 0.3 is 0 Å². The first-order chi connectivity index (χ1) is 39.5. The van der Waals surface area contributed by atoms with Crippen molar-refractivity contribution >= 4 is 50.0 Å². The van der Waals surface area contributed by atoms with Crippen LogP contribution in [0.1, 0.15) is 106 Å². The number of allylic oxidation sites excluding steroid dienone is 7. The zero-order chi connectivity index (χ0) is 53.4. The molecule has 0 saturated carbocycles. The van der Waals surface area contributed by atoms with Crippen molar-refractivity contribution in [3.8, 4) is 22.3 Å². The van der Waals surface area contributed by atoms with Crippen LogP contribution in [0, 0.1) is 0 Å². The molecule has 2 heteroatoms. The van der Waals surface area contributed by atoms with E-state index in [9.17, 15) is 0 Å². The van der Waals surface area contributed by atoms with E-state index < -0.39 is 0 Å². The third-order valence-corrected chi connectivity index (χ3v) is 18.6. The number of hydrogen-bond acceptors (Lipinski definition) is 2. The molecule has 0 fully saturated rings. The van der Waals surface area contributed by atoms with Crippen molar-refractivity contribution in [1.82, 2.24) is 0 Å². The van der Waals surface area contributed by atoms with Crippen LogP contribution in [0.4, 0.5) is 28.4 Å². The highest BCUT2D eigenvalue weighted by Gasteiger charge is 2.35. The van der Waals surface area contributed by atoms with Gasteiger partial charge in [-0.25, -0.2) is 0 Å². The normalized spacial score (nSPS) is 16.9. The molecule has 0 radical (unpaired) electrons. The highest BCUT2D eigenvalue weighted by Crippen LogP contribution is 2.55. The quantitative estimate of drug-likeness (QED) is 0.111. The smallest absolute Gasteiger partial charge is 0.0493 e. The van der Waals surface area contributed by atoms with Crippen molar-refractivity contribution in [3.05, 3.63) is 316 Å². The predicted molar refractivity (Wildman–Crippen MR) is 338 cm³/mol. The Hall–Kier alpha value is -8.98. The lowest BCUT2D eigenvalue weighted by molar-refractivity contribution is 0.723. The summed E-state index contributed by atoms with van der Waals surface area (Å²) in [5.74, 6) is 0.275. The minimum absolute atomic E-state index is 0.0745. The maximum absolute atomic E-state index is 4.71. The van der Waals surface area contributed by atoms with Gasteiger partial charge in [-0.05, 0) is 217 Å². The minimum atomic E-state index is 0.0745. The van der Waals surface area contributed by atoms with Crippen LogP contribution in [-0.2, 0) is 32.1 Å². The lowest BCUT2D eigenvalue weighted by Crippen LogP contribution is -2.18. The van der Waals surface area contributed by atoms with Crippen molar-refractivity contribution in [2.45, 2.75) is 76.5 Å². The largest absolute Gasteiger partial charge is 0.310 e. The zero-order valence-electron chi connectivity index (χ0n) is 45.7. The van der Waals surface area contributed by atoms with E-state index in [-0.39, 0.29) is 11.8 Å². The lowest BCUT2D eigenvalue weighted by Gasteiger charge is -2.35. The van der Waals surface area contributed by atoms with Crippen molar-refractivity contribution in [2.24, 2.45) is 0 Å². The molecule has 80 heavy (non-hydrogen) atoms. The zero-order valence-corrected chi connectivity index (χ0v) is 45.7. The second kappa shape index (κ2) is 19.7. The summed E-state index contributed by atoms with van der Waals surface area (Å²) >= 11 is 0. The van der Waals surface area contributed by atoms with Crippen LogP contribution in [0.5, 0.6) is 0 Å². The molecule has 10 aromatic rings. The fraction of sp³-hybridized carbons (Fsp3) is 0.154. The number of rotatable bonds is 8. The number of benzene rings is 10. The molecule has 0 saturated heterocycles. The first-order valence-electron chi connectivity index (χ1n) is 29.1. The van der Waals surface area contributed by atoms with Crippen molar-refractivity contribution in [1.29, 1.82) is 0 Å². The molecule has 5 aliphatic rings. The molecule has 2 unspecified atom stereocenters. The summed E-state index contributed by atoms with van der Waals surface area (Å²) in [6.07, 6.45) is 19.7. The Balaban J connectivity index is 1.08. The predicted octanol–water partition coefficient (Wildman–Crippen LogP) is 20.4. The van der Waals surface area contributed by atoms with Gasteiger partial charge in [0, 0.05) is 46.0 Å². The van der Waals surface area contributed by atoms with Crippen LogP contribution >= 0.6 is 0 Å². The van der Waals surface area contributed by atoms with E-state index in [1.165, 1.54) is 139 Å². The second-order valence-corrected chi connectivity index (χ2v) is 22.9. The topological polar surface area (TPSA) is 6.48 Å². The maximum atomic E-state index is 4.71. The number of fused-ring (bicyclic) bond motifs is 9. The minimum Gasteiger partial charge on any atom is -0.310 e. The van der Waals surface area contributed by atoms with Crippen LogP contribution in [0.15, 0.2) is 255 Å². The molecule has 0 N–H and O–H groups in total. The van der Waals surface area contributed by atoms with E-state index in [1.54, 1.807) is 5.57 Å². The molecule has 15 rings (SSSR count). The average Bonchev–Trinajstić information content (AvgIpc) is 3.92. The van der Waals surface area contributed by atoms with E-state index in [2.05, 4.69) is 236 Å². The van der Waals surface area contributed by atoms with Crippen LogP contribution < -0.4 is 9.80 Å². The molecule has 2 nitrogen and oxygen atoms in total. The Morgan fingerprint density at radius 1 is 0.500 bits per heavy atom. The molecule has 386 valence electrons. The number of nitrogens with zero attached hydrogens (tertiary/aromatic N) is 2. The Morgan fingerprint density at radius 2 is 1.04 bits per heavy atom. The fourth-order valence-corrected chi connectivity index (χ4v) is 14.8. The Labute approximate surface area is 471 Å². The van der Waals surface area contributed by atoms with Gasteiger partial charge in [0.1, 0.15) is 0 Å². The van der Waals surface area contributed by atoms with Gasteiger partial charge in [0.05, 0.1) is 0 Å². The summed E-state index contributed by atoms with van der Waals surface area (Å²) < 4.78 is 0. The number of para-hydroxylation sites is 3. The average molecular weight is 1030 g/mol. The standard InChI is InChI=1S/C78H64N2/c1-4-5-20-50(2)45-69-63-29-13-12-28-61(63)51(3)62-30-19-32-67(76(62)69)78-66-44-42-59(79-72-33-14-8-21-52(72)37-38-53-22-9-15-34-73(53)79)48-70(66)77(64-31-18-27-58-46-56-25-6-7-26-57(56)47-68(58)64)65-43-41-60(49-71(65)78)80-74-35-16-10-23-54(74)39-40-55-24-11-17-36-75(55)80/h4-8,10-21,23-36,41-44,48-49,51,69H,1-2,9,22,37-40,45-47H2,3H3/b20-5-. The summed E-state index contributed by atoms with van der Waals surface area (Å²) in [6, 6.07) is 75.0. The molecule has 0 spiro atoms. The molecular formula is C78H64N2. The molecule has 0 bridgehead atoms. The highest BCUT2D eigenvalue weighted by atomic mass is 15.2. The van der Waals surface area contributed by atoms with Gasteiger partial charge in [-0.1, -0.05) is 202 Å². The third kappa shape index (κ3) is 7.90. The molecule has 0 amide bonds.